The Kier molecular flexibility index (Phi) is 2.26. The van der Waals surface area contributed by atoms with Crippen molar-refractivity contribution in [1.29, 1.82) is 0 Å². The smallest absolute Gasteiger partial charge is 0.0723 e. The van der Waals surface area contributed by atoms with Gasteiger partial charge >= 0.3 is 0 Å². The molecule has 82 valence electrons. The third-order valence-corrected chi connectivity index (χ3v) is 2.91. The summed E-state index contributed by atoms with van der Waals surface area (Å²) < 4.78 is 0. The highest BCUT2D eigenvalue weighted by Gasteiger charge is 2.06. The number of fused-ring (bicyclic) bond motifs is 1. The van der Waals surface area contributed by atoms with Crippen molar-refractivity contribution in [2.24, 2.45) is 0 Å². The van der Waals surface area contributed by atoms with Gasteiger partial charge in [-0.3, -0.25) is 4.98 Å². The number of anilines is 1. The van der Waals surface area contributed by atoms with Gasteiger partial charge in [0.2, 0.25) is 0 Å². The molecule has 0 amide bonds. The van der Waals surface area contributed by atoms with Gasteiger partial charge in [-0.1, -0.05) is 36.4 Å². The van der Waals surface area contributed by atoms with Crippen molar-refractivity contribution in [2.75, 3.05) is 5.73 Å². The molecule has 1 aromatic heterocycles. The van der Waals surface area contributed by atoms with Gasteiger partial charge in [0.15, 0.2) is 0 Å². The van der Waals surface area contributed by atoms with Gasteiger partial charge in [0.1, 0.15) is 0 Å². The topological polar surface area (TPSA) is 38.9 Å². The molecule has 3 aromatic rings. The molecule has 0 fully saturated rings. The molecule has 0 aliphatic rings. The Labute approximate surface area is 99.7 Å². The van der Waals surface area contributed by atoms with Crippen molar-refractivity contribution in [3.05, 3.63) is 60.8 Å². The normalized spacial score (nSPS) is 10.6. The first-order valence-corrected chi connectivity index (χ1v) is 5.55. The Morgan fingerprint density at radius 1 is 0.824 bits per heavy atom. The number of hydrogen-bond donors (Lipinski definition) is 1. The molecular formula is C15H12N2. The Morgan fingerprint density at radius 2 is 1.65 bits per heavy atom. The first-order chi connectivity index (χ1) is 8.36. The van der Waals surface area contributed by atoms with Crippen LogP contribution >= 0.6 is 0 Å². The summed E-state index contributed by atoms with van der Waals surface area (Å²) in [4.78, 5) is 4.30. The van der Waals surface area contributed by atoms with Crippen LogP contribution in [0.25, 0.3) is 22.0 Å². The maximum Gasteiger partial charge on any atom is 0.0723 e. The van der Waals surface area contributed by atoms with E-state index in [1.807, 2.05) is 42.5 Å². The number of rotatable bonds is 1. The summed E-state index contributed by atoms with van der Waals surface area (Å²) in [5.74, 6) is 0. The van der Waals surface area contributed by atoms with Gasteiger partial charge in [-0.15, -0.1) is 0 Å². The molecule has 0 aliphatic heterocycles. The van der Waals surface area contributed by atoms with Crippen molar-refractivity contribution >= 4 is 16.6 Å². The summed E-state index contributed by atoms with van der Waals surface area (Å²) >= 11 is 0. The third-order valence-electron chi connectivity index (χ3n) is 2.91. The van der Waals surface area contributed by atoms with Crippen LogP contribution in [-0.4, -0.2) is 4.98 Å². The van der Waals surface area contributed by atoms with Crippen LogP contribution in [0.2, 0.25) is 0 Å². The molecule has 3 rings (SSSR count). The SMILES string of the molecule is Nc1c(-c2ccccc2)ccc2ncccc12. The van der Waals surface area contributed by atoms with Gasteiger partial charge in [-0.25, -0.2) is 0 Å². The van der Waals surface area contributed by atoms with Gasteiger partial charge in [-0.05, 0) is 23.8 Å². The lowest BCUT2D eigenvalue weighted by Crippen LogP contribution is -1.92. The van der Waals surface area contributed by atoms with E-state index in [1.165, 1.54) is 0 Å². The van der Waals surface area contributed by atoms with Crippen LogP contribution in [-0.2, 0) is 0 Å². The van der Waals surface area contributed by atoms with Crippen molar-refractivity contribution < 1.29 is 0 Å². The van der Waals surface area contributed by atoms with Crippen LogP contribution in [0.1, 0.15) is 0 Å². The molecule has 0 saturated heterocycles. The van der Waals surface area contributed by atoms with Crippen molar-refractivity contribution in [3.63, 3.8) is 0 Å². The van der Waals surface area contributed by atoms with Crippen LogP contribution in [0.4, 0.5) is 5.69 Å². The molecule has 2 aromatic carbocycles. The fourth-order valence-electron chi connectivity index (χ4n) is 2.04. The average Bonchev–Trinajstić information content (AvgIpc) is 2.40. The van der Waals surface area contributed by atoms with Gasteiger partial charge in [0.05, 0.1) is 5.52 Å². The Morgan fingerprint density at radius 3 is 2.47 bits per heavy atom. The summed E-state index contributed by atoms with van der Waals surface area (Å²) in [5, 5.41) is 1.01. The maximum atomic E-state index is 6.21. The van der Waals surface area contributed by atoms with Crippen molar-refractivity contribution in [2.45, 2.75) is 0 Å². The van der Waals surface area contributed by atoms with E-state index in [2.05, 4.69) is 17.1 Å². The summed E-state index contributed by atoms with van der Waals surface area (Å²) in [7, 11) is 0. The van der Waals surface area contributed by atoms with Gasteiger partial charge in [-0.2, -0.15) is 0 Å². The quantitative estimate of drug-likeness (QED) is 0.637. The van der Waals surface area contributed by atoms with Gasteiger partial charge in [0, 0.05) is 22.8 Å². The second kappa shape index (κ2) is 3.91. The lowest BCUT2D eigenvalue weighted by atomic mass is 10.0. The van der Waals surface area contributed by atoms with Crippen molar-refractivity contribution in [1.82, 2.24) is 4.98 Å². The predicted octanol–water partition coefficient (Wildman–Crippen LogP) is 3.48. The molecule has 0 bridgehead atoms. The van der Waals surface area contributed by atoms with E-state index >= 15 is 0 Å². The van der Waals surface area contributed by atoms with E-state index in [0.717, 1.165) is 27.7 Å². The molecular weight excluding hydrogens is 208 g/mol. The number of hydrogen-bond acceptors (Lipinski definition) is 2. The Bertz CT molecular complexity index is 660. The molecule has 2 N–H and O–H groups in total. The van der Waals surface area contributed by atoms with Gasteiger partial charge in [0.25, 0.3) is 0 Å². The van der Waals surface area contributed by atoms with E-state index in [4.69, 9.17) is 5.73 Å². The zero-order chi connectivity index (χ0) is 11.7. The van der Waals surface area contributed by atoms with Crippen LogP contribution in [0.15, 0.2) is 60.8 Å². The molecule has 0 atom stereocenters. The average molecular weight is 220 g/mol. The van der Waals surface area contributed by atoms with Crippen LogP contribution in [0.5, 0.6) is 0 Å². The number of nitrogens with two attached hydrogens (primary N) is 1. The minimum atomic E-state index is 0.793. The standard InChI is InChI=1S/C15H12N2/c16-15-12(11-5-2-1-3-6-11)8-9-14-13(15)7-4-10-17-14/h1-10H,16H2. The number of nitrogens with zero attached hydrogens (tertiary/aromatic N) is 1. The molecule has 17 heavy (non-hydrogen) atoms. The minimum absolute atomic E-state index is 0.793. The molecule has 0 spiro atoms. The van der Waals surface area contributed by atoms with E-state index in [0.29, 0.717) is 0 Å². The fourth-order valence-corrected chi connectivity index (χ4v) is 2.04. The maximum absolute atomic E-state index is 6.21. The second-order valence-electron chi connectivity index (χ2n) is 3.96. The molecule has 1 heterocycles. The predicted molar refractivity (Wildman–Crippen MR) is 71.6 cm³/mol. The van der Waals surface area contributed by atoms with Crippen LogP contribution in [0, 0.1) is 0 Å². The number of benzene rings is 2. The second-order valence-corrected chi connectivity index (χ2v) is 3.96. The van der Waals surface area contributed by atoms with Gasteiger partial charge < -0.3 is 5.73 Å². The summed E-state index contributed by atoms with van der Waals surface area (Å²) in [6.07, 6.45) is 1.78. The zero-order valence-electron chi connectivity index (χ0n) is 9.30. The van der Waals surface area contributed by atoms with E-state index < -0.39 is 0 Å². The first kappa shape index (κ1) is 9.85. The van der Waals surface area contributed by atoms with Crippen LogP contribution in [0.3, 0.4) is 0 Å². The van der Waals surface area contributed by atoms with Crippen LogP contribution < -0.4 is 5.73 Å². The summed E-state index contributed by atoms with van der Waals surface area (Å²) in [6, 6.07) is 18.1. The lowest BCUT2D eigenvalue weighted by Gasteiger charge is -2.08. The number of aromatic nitrogens is 1. The highest BCUT2D eigenvalue weighted by molar-refractivity contribution is 5.98. The van der Waals surface area contributed by atoms with E-state index in [9.17, 15) is 0 Å². The summed E-state index contributed by atoms with van der Waals surface area (Å²) in [5.41, 5.74) is 10.1. The molecule has 2 nitrogen and oxygen atoms in total. The highest BCUT2D eigenvalue weighted by Crippen LogP contribution is 2.31. The van der Waals surface area contributed by atoms with E-state index in [-0.39, 0.29) is 0 Å². The number of nitrogen functional groups attached to an aromatic ring is 1. The largest absolute Gasteiger partial charge is 0.398 e. The Hall–Kier alpha value is -2.35. The molecule has 0 aliphatic carbocycles. The molecule has 2 heteroatoms. The third kappa shape index (κ3) is 1.64. The number of pyridine rings is 1. The monoisotopic (exact) mass is 220 g/mol. The minimum Gasteiger partial charge on any atom is -0.398 e. The summed E-state index contributed by atoms with van der Waals surface area (Å²) in [6.45, 7) is 0. The lowest BCUT2D eigenvalue weighted by molar-refractivity contribution is 1.41. The first-order valence-electron chi connectivity index (χ1n) is 5.55. The molecule has 0 saturated carbocycles. The molecule has 0 radical (unpaired) electrons. The zero-order valence-corrected chi connectivity index (χ0v) is 9.30. The van der Waals surface area contributed by atoms with Crippen molar-refractivity contribution in [3.8, 4) is 11.1 Å². The fraction of sp³-hybridized carbons (Fsp3) is 0. The Balaban J connectivity index is 2.29. The molecule has 0 unspecified atom stereocenters. The van der Waals surface area contributed by atoms with E-state index in [1.54, 1.807) is 6.20 Å². The highest BCUT2D eigenvalue weighted by atomic mass is 14.7.